The average molecular weight is 360 g/mol. The molecule has 3 atom stereocenters. The van der Waals surface area contributed by atoms with Crippen molar-refractivity contribution < 1.29 is 19.5 Å². The molecule has 1 saturated heterocycles. The molecule has 1 aliphatic heterocycles. The molecule has 0 radical (unpaired) electrons. The van der Waals surface area contributed by atoms with Crippen molar-refractivity contribution in [1.29, 1.82) is 0 Å². The van der Waals surface area contributed by atoms with E-state index in [-0.39, 0.29) is 30.3 Å². The van der Waals surface area contributed by atoms with E-state index < -0.39 is 11.0 Å². The van der Waals surface area contributed by atoms with Crippen LogP contribution in [-0.2, 0) is 4.74 Å². The third-order valence-corrected chi connectivity index (χ3v) is 3.90. The van der Waals surface area contributed by atoms with Crippen LogP contribution in [0.15, 0.2) is 16.6 Å². The first-order chi connectivity index (χ1) is 9.88. The lowest BCUT2D eigenvalue weighted by Crippen LogP contribution is -2.19. The summed E-state index contributed by atoms with van der Waals surface area (Å²) in [4.78, 5) is 10.7. The molecule has 1 fully saturated rings. The number of aliphatic hydroxyl groups excluding tert-OH is 1. The summed E-state index contributed by atoms with van der Waals surface area (Å²) in [5, 5.41) is 21.0. The third-order valence-electron chi connectivity index (χ3n) is 3.44. The monoisotopic (exact) mass is 359 g/mol. The van der Waals surface area contributed by atoms with Crippen molar-refractivity contribution in [1.82, 2.24) is 0 Å². The van der Waals surface area contributed by atoms with E-state index in [1.54, 1.807) is 13.0 Å². The topological polar surface area (TPSA) is 81.8 Å². The van der Waals surface area contributed by atoms with Gasteiger partial charge in [0.05, 0.1) is 23.2 Å². The second-order valence-corrected chi connectivity index (χ2v) is 6.15. The van der Waals surface area contributed by atoms with E-state index >= 15 is 0 Å². The molecule has 2 rings (SSSR count). The van der Waals surface area contributed by atoms with Gasteiger partial charge in [-0.3, -0.25) is 10.1 Å². The Morgan fingerprint density at radius 3 is 2.81 bits per heavy atom. The summed E-state index contributed by atoms with van der Waals surface area (Å²) in [5.74, 6) is 0.112. The molecule has 1 N–H and O–H groups in total. The first kappa shape index (κ1) is 16.2. The Morgan fingerprint density at radius 1 is 1.57 bits per heavy atom. The average Bonchev–Trinajstić information content (AvgIpc) is 2.81. The number of nitro benzene ring substituents is 1. The van der Waals surface area contributed by atoms with E-state index in [4.69, 9.17) is 9.47 Å². The highest BCUT2D eigenvalue weighted by Crippen LogP contribution is 2.38. The van der Waals surface area contributed by atoms with Crippen LogP contribution >= 0.6 is 15.9 Å². The molecule has 6 nitrogen and oxygen atoms in total. The molecule has 0 aromatic heterocycles. The summed E-state index contributed by atoms with van der Waals surface area (Å²) in [6, 6.07) is 3.00. The molecule has 1 aromatic rings. The highest BCUT2D eigenvalue weighted by atomic mass is 79.9. The molecule has 0 amide bonds. The Morgan fingerprint density at radius 2 is 2.29 bits per heavy atom. The number of hydrogen-bond donors (Lipinski definition) is 1. The predicted octanol–water partition coefficient (Wildman–Crippen LogP) is 3.36. The number of ether oxygens (including phenoxy) is 2. The number of nitrogens with zero attached hydrogens (tertiary/aromatic N) is 1. The molecule has 0 saturated carbocycles. The van der Waals surface area contributed by atoms with Gasteiger partial charge in [0, 0.05) is 16.1 Å². The molecule has 1 heterocycles. The van der Waals surface area contributed by atoms with Crippen molar-refractivity contribution in [2.75, 3.05) is 6.61 Å². The van der Waals surface area contributed by atoms with Crippen molar-refractivity contribution >= 4 is 21.6 Å². The van der Waals surface area contributed by atoms with E-state index in [0.29, 0.717) is 10.0 Å². The lowest BCUT2D eigenvalue weighted by Gasteiger charge is -2.17. The molecular weight excluding hydrogens is 342 g/mol. The van der Waals surface area contributed by atoms with Gasteiger partial charge < -0.3 is 14.6 Å². The van der Waals surface area contributed by atoms with Gasteiger partial charge >= 0.3 is 5.69 Å². The van der Waals surface area contributed by atoms with Crippen LogP contribution in [0.5, 0.6) is 5.75 Å². The van der Waals surface area contributed by atoms with Gasteiger partial charge in [-0.05, 0) is 32.8 Å². The van der Waals surface area contributed by atoms with Crippen molar-refractivity contribution in [2.24, 2.45) is 0 Å². The van der Waals surface area contributed by atoms with Crippen molar-refractivity contribution in [3.63, 3.8) is 0 Å². The highest BCUT2D eigenvalue weighted by molar-refractivity contribution is 9.10. The predicted molar refractivity (Wildman–Crippen MR) is 80.5 cm³/mol. The van der Waals surface area contributed by atoms with Gasteiger partial charge in [-0.1, -0.05) is 15.9 Å². The van der Waals surface area contributed by atoms with Crippen LogP contribution in [-0.4, -0.2) is 28.8 Å². The Balaban J connectivity index is 2.25. The Labute approximate surface area is 131 Å². The molecular formula is C14H18BrNO5. The van der Waals surface area contributed by atoms with E-state index in [2.05, 4.69) is 15.9 Å². The van der Waals surface area contributed by atoms with Gasteiger partial charge in [0.15, 0.2) is 0 Å². The van der Waals surface area contributed by atoms with Gasteiger partial charge in [-0.15, -0.1) is 0 Å². The quantitative estimate of drug-likeness (QED) is 0.643. The molecule has 1 aromatic carbocycles. The summed E-state index contributed by atoms with van der Waals surface area (Å²) in [6.07, 6.45) is 1.09. The number of rotatable bonds is 5. The summed E-state index contributed by atoms with van der Waals surface area (Å²) < 4.78 is 11.8. The van der Waals surface area contributed by atoms with Crippen LogP contribution in [0.2, 0.25) is 0 Å². The molecule has 1 aliphatic rings. The normalized spacial score (nSPS) is 23.0. The summed E-state index contributed by atoms with van der Waals surface area (Å²) in [5.41, 5.74) is 0.230. The molecule has 0 bridgehead atoms. The van der Waals surface area contributed by atoms with E-state index in [1.807, 2.05) is 6.92 Å². The number of halogens is 1. The van der Waals surface area contributed by atoms with Gasteiger partial charge in [0.2, 0.25) is 5.75 Å². The minimum atomic E-state index is -0.861. The van der Waals surface area contributed by atoms with Crippen LogP contribution in [0.4, 0.5) is 5.69 Å². The van der Waals surface area contributed by atoms with Crippen molar-refractivity contribution in [2.45, 2.75) is 45.0 Å². The van der Waals surface area contributed by atoms with Crippen LogP contribution in [0.1, 0.15) is 38.4 Å². The summed E-state index contributed by atoms with van der Waals surface area (Å²) in [7, 11) is 0. The third kappa shape index (κ3) is 3.93. The molecule has 0 aliphatic carbocycles. The van der Waals surface area contributed by atoms with Gasteiger partial charge in [0.25, 0.3) is 0 Å². The maximum atomic E-state index is 11.2. The zero-order chi connectivity index (χ0) is 15.6. The van der Waals surface area contributed by atoms with Gasteiger partial charge in [-0.2, -0.15) is 0 Å². The van der Waals surface area contributed by atoms with Gasteiger partial charge in [-0.25, -0.2) is 0 Å². The lowest BCUT2D eigenvalue weighted by molar-refractivity contribution is -0.386. The number of aliphatic hydroxyl groups is 1. The van der Waals surface area contributed by atoms with Crippen LogP contribution in [0, 0.1) is 10.1 Å². The fraction of sp³-hybridized carbons (Fsp3) is 0.571. The van der Waals surface area contributed by atoms with Gasteiger partial charge in [0.1, 0.15) is 6.61 Å². The standard InChI is InChI=1S/C14H18BrNO5/c1-8-3-4-11(21-8)7-20-14-12(9(2)17)5-10(15)6-13(14)16(18)19/h5-6,8-9,11,17H,3-4,7H2,1-2H3/t8?,9-,11?/m0/s1. The minimum Gasteiger partial charge on any atom is -0.484 e. The fourth-order valence-corrected chi connectivity index (χ4v) is 2.85. The zero-order valence-electron chi connectivity index (χ0n) is 11.9. The Bertz CT molecular complexity index is 534. The molecule has 116 valence electrons. The fourth-order valence-electron chi connectivity index (χ4n) is 2.39. The zero-order valence-corrected chi connectivity index (χ0v) is 13.5. The first-order valence-electron chi connectivity index (χ1n) is 6.82. The summed E-state index contributed by atoms with van der Waals surface area (Å²) in [6.45, 7) is 3.78. The Kier molecular flexibility index (Phi) is 5.18. The number of nitro groups is 1. The van der Waals surface area contributed by atoms with Crippen molar-refractivity contribution in [3.05, 3.63) is 32.3 Å². The van der Waals surface area contributed by atoms with E-state index in [0.717, 1.165) is 12.8 Å². The number of benzene rings is 1. The minimum absolute atomic E-state index is 0.0647. The molecule has 0 spiro atoms. The highest BCUT2D eigenvalue weighted by Gasteiger charge is 2.27. The SMILES string of the molecule is CC1CCC(COc2c([C@H](C)O)cc(Br)cc2[N+](=O)[O-])O1. The first-order valence-corrected chi connectivity index (χ1v) is 7.62. The second-order valence-electron chi connectivity index (χ2n) is 5.23. The van der Waals surface area contributed by atoms with E-state index in [9.17, 15) is 15.2 Å². The maximum Gasteiger partial charge on any atom is 0.312 e. The second kappa shape index (κ2) is 6.72. The van der Waals surface area contributed by atoms with Crippen LogP contribution in [0.25, 0.3) is 0 Å². The molecule has 7 heteroatoms. The van der Waals surface area contributed by atoms with E-state index in [1.165, 1.54) is 6.07 Å². The molecule has 21 heavy (non-hydrogen) atoms. The van der Waals surface area contributed by atoms with Crippen molar-refractivity contribution in [3.8, 4) is 5.75 Å². The maximum absolute atomic E-state index is 11.2. The smallest absolute Gasteiger partial charge is 0.312 e. The Hall–Kier alpha value is -1.18. The number of hydrogen-bond acceptors (Lipinski definition) is 5. The largest absolute Gasteiger partial charge is 0.484 e. The van der Waals surface area contributed by atoms with Crippen LogP contribution < -0.4 is 4.74 Å². The van der Waals surface area contributed by atoms with Crippen LogP contribution in [0.3, 0.4) is 0 Å². The molecule has 2 unspecified atom stereocenters. The lowest BCUT2D eigenvalue weighted by atomic mass is 10.1. The summed E-state index contributed by atoms with van der Waals surface area (Å²) >= 11 is 3.21.